The monoisotopic (exact) mass is 285 g/mol. The second-order valence-corrected chi connectivity index (χ2v) is 7.56. The van der Waals surface area contributed by atoms with E-state index in [0.717, 1.165) is 24.3 Å². The number of fused-ring (bicyclic) bond motifs is 1. The third-order valence-electron chi connectivity index (χ3n) is 3.22. The summed E-state index contributed by atoms with van der Waals surface area (Å²) in [5, 5.41) is 3.47. The van der Waals surface area contributed by atoms with Crippen LogP contribution < -0.4 is 5.32 Å². The second kappa shape index (κ2) is 6.08. The number of rotatable bonds is 5. The molecule has 0 spiro atoms. The highest BCUT2D eigenvalue weighted by molar-refractivity contribution is 7.98. The Morgan fingerprint density at radius 2 is 2.17 bits per heavy atom. The van der Waals surface area contributed by atoms with Crippen molar-refractivity contribution in [1.29, 1.82) is 0 Å². The van der Waals surface area contributed by atoms with E-state index in [1.54, 1.807) is 12.1 Å². The van der Waals surface area contributed by atoms with E-state index in [9.17, 15) is 8.42 Å². The zero-order valence-electron chi connectivity index (χ0n) is 10.6. The molecule has 0 fully saturated rings. The number of benzene rings is 1. The molecule has 1 aliphatic heterocycles. The molecular weight excluding hydrogens is 266 g/mol. The lowest BCUT2D eigenvalue weighted by Crippen LogP contribution is -2.30. The summed E-state index contributed by atoms with van der Waals surface area (Å²) in [6.45, 7) is 0.944. The highest BCUT2D eigenvalue weighted by Crippen LogP contribution is 2.31. The first-order valence-corrected chi connectivity index (χ1v) is 9.24. The Bertz CT molecular complexity index is 499. The summed E-state index contributed by atoms with van der Waals surface area (Å²) in [6, 6.07) is 7.55. The van der Waals surface area contributed by atoms with Crippen molar-refractivity contribution in [3.63, 3.8) is 0 Å². The summed E-state index contributed by atoms with van der Waals surface area (Å²) >= 11 is 1.84. The fourth-order valence-corrected chi connectivity index (χ4v) is 4.35. The van der Waals surface area contributed by atoms with E-state index < -0.39 is 9.84 Å². The lowest BCUT2D eigenvalue weighted by molar-refractivity contribution is 0.493. The molecule has 3 nitrogen and oxygen atoms in total. The van der Waals surface area contributed by atoms with Crippen molar-refractivity contribution in [2.75, 3.05) is 24.3 Å². The van der Waals surface area contributed by atoms with Gasteiger partial charge in [-0.2, -0.15) is 11.8 Å². The third kappa shape index (κ3) is 3.08. The molecule has 18 heavy (non-hydrogen) atoms. The van der Waals surface area contributed by atoms with Crippen LogP contribution in [0.1, 0.15) is 24.4 Å². The van der Waals surface area contributed by atoms with Gasteiger partial charge < -0.3 is 5.32 Å². The summed E-state index contributed by atoms with van der Waals surface area (Å²) in [5.74, 6) is 1.39. The van der Waals surface area contributed by atoms with Gasteiger partial charge in [0.2, 0.25) is 0 Å². The summed E-state index contributed by atoms with van der Waals surface area (Å²) in [5.41, 5.74) is 0.938. The lowest BCUT2D eigenvalue weighted by Gasteiger charge is -2.26. The summed E-state index contributed by atoms with van der Waals surface area (Å²) < 4.78 is 23.9. The van der Waals surface area contributed by atoms with Gasteiger partial charge in [0.05, 0.1) is 10.6 Å². The number of hydrogen-bond acceptors (Lipinski definition) is 4. The molecule has 1 aromatic rings. The van der Waals surface area contributed by atoms with E-state index in [2.05, 4.69) is 11.6 Å². The highest BCUT2D eigenvalue weighted by Gasteiger charge is 2.29. The third-order valence-corrected chi connectivity index (χ3v) is 5.73. The predicted octanol–water partition coefficient (Wildman–Crippen LogP) is 2.25. The Morgan fingerprint density at radius 3 is 2.94 bits per heavy atom. The minimum absolute atomic E-state index is 0.187. The average Bonchev–Trinajstić information content (AvgIpc) is 2.37. The van der Waals surface area contributed by atoms with Gasteiger partial charge in [0.1, 0.15) is 0 Å². The van der Waals surface area contributed by atoms with E-state index in [4.69, 9.17) is 0 Å². The van der Waals surface area contributed by atoms with Crippen LogP contribution in [0.2, 0.25) is 0 Å². The topological polar surface area (TPSA) is 46.2 Å². The number of sulfone groups is 1. The van der Waals surface area contributed by atoms with Crippen molar-refractivity contribution in [2.24, 2.45) is 0 Å². The van der Waals surface area contributed by atoms with Gasteiger partial charge in [-0.15, -0.1) is 0 Å². The molecule has 100 valence electrons. The molecule has 1 N–H and O–H groups in total. The molecule has 1 unspecified atom stereocenters. The lowest BCUT2D eigenvalue weighted by atomic mass is 10.0. The second-order valence-electron chi connectivity index (χ2n) is 4.50. The van der Waals surface area contributed by atoms with Crippen LogP contribution in [0.5, 0.6) is 0 Å². The fourth-order valence-electron chi connectivity index (χ4n) is 2.29. The van der Waals surface area contributed by atoms with Crippen LogP contribution >= 0.6 is 11.8 Å². The minimum atomic E-state index is -3.05. The summed E-state index contributed by atoms with van der Waals surface area (Å²) in [6.07, 6.45) is 3.90. The van der Waals surface area contributed by atoms with Gasteiger partial charge in [0.25, 0.3) is 0 Å². The van der Waals surface area contributed by atoms with Gasteiger partial charge in [-0.1, -0.05) is 18.2 Å². The first-order chi connectivity index (χ1) is 8.65. The molecule has 1 aliphatic rings. The molecular formula is C13H19NO2S2. The first-order valence-electron chi connectivity index (χ1n) is 6.19. The van der Waals surface area contributed by atoms with Gasteiger partial charge in [-0.3, -0.25) is 0 Å². The molecule has 0 aromatic heterocycles. The van der Waals surface area contributed by atoms with E-state index in [-0.39, 0.29) is 11.8 Å². The average molecular weight is 285 g/mol. The number of thioether (sulfide) groups is 1. The largest absolute Gasteiger partial charge is 0.310 e. The van der Waals surface area contributed by atoms with Gasteiger partial charge in [-0.05, 0) is 43.0 Å². The van der Waals surface area contributed by atoms with E-state index >= 15 is 0 Å². The summed E-state index contributed by atoms with van der Waals surface area (Å²) in [4.78, 5) is 0.513. The van der Waals surface area contributed by atoms with E-state index in [1.165, 1.54) is 0 Å². The Kier molecular flexibility index (Phi) is 4.70. The Labute approximate surface area is 113 Å². The van der Waals surface area contributed by atoms with Crippen molar-refractivity contribution in [3.05, 3.63) is 29.8 Å². The van der Waals surface area contributed by atoms with E-state index in [1.807, 2.05) is 23.9 Å². The standard InChI is InChI=1S/C13H19NO2S2/c1-17-9-4-8-14-12-7-10-18(15,16)13-6-3-2-5-11(12)13/h2-3,5-6,12,14H,4,7-10H2,1H3. The maximum absolute atomic E-state index is 12.0. The van der Waals surface area contributed by atoms with E-state index in [0.29, 0.717) is 11.3 Å². The van der Waals surface area contributed by atoms with Crippen molar-refractivity contribution in [1.82, 2.24) is 5.32 Å². The van der Waals surface area contributed by atoms with Gasteiger partial charge in [0, 0.05) is 6.04 Å². The molecule has 2 rings (SSSR count). The quantitative estimate of drug-likeness (QED) is 0.843. The van der Waals surface area contributed by atoms with Gasteiger partial charge >= 0.3 is 0 Å². The molecule has 1 heterocycles. The maximum atomic E-state index is 12.0. The molecule has 1 aromatic carbocycles. The van der Waals surface area contributed by atoms with Crippen LogP contribution in [0.4, 0.5) is 0 Å². The van der Waals surface area contributed by atoms with Crippen LogP contribution in [0.3, 0.4) is 0 Å². The summed E-state index contributed by atoms with van der Waals surface area (Å²) in [7, 11) is -3.05. The predicted molar refractivity (Wildman–Crippen MR) is 76.9 cm³/mol. The zero-order chi connectivity index (χ0) is 13.0. The maximum Gasteiger partial charge on any atom is 0.178 e. The minimum Gasteiger partial charge on any atom is -0.310 e. The molecule has 0 saturated heterocycles. The Hall–Kier alpha value is -0.520. The van der Waals surface area contributed by atoms with Gasteiger partial charge in [-0.25, -0.2) is 8.42 Å². The van der Waals surface area contributed by atoms with Crippen LogP contribution in [0.15, 0.2) is 29.2 Å². The van der Waals surface area contributed by atoms with Crippen LogP contribution in [0, 0.1) is 0 Å². The normalized spacial score (nSPS) is 21.5. The Balaban J connectivity index is 2.11. The molecule has 0 bridgehead atoms. The van der Waals surface area contributed by atoms with Crippen LogP contribution in [-0.2, 0) is 9.84 Å². The molecule has 0 saturated carbocycles. The Morgan fingerprint density at radius 1 is 1.39 bits per heavy atom. The zero-order valence-corrected chi connectivity index (χ0v) is 12.2. The van der Waals surface area contributed by atoms with Gasteiger partial charge in [0.15, 0.2) is 9.84 Å². The first kappa shape index (κ1) is 13.9. The van der Waals surface area contributed by atoms with Crippen LogP contribution in [-0.4, -0.2) is 32.7 Å². The van der Waals surface area contributed by atoms with Crippen molar-refractivity contribution < 1.29 is 8.42 Å². The highest BCUT2D eigenvalue weighted by atomic mass is 32.2. The van der Waals surface area contributed by atoms with Crippen LogP contribution in [0.25, 0.3) is 0 Å². The molecule has 0 radical (unpaired) electrons. The SMILES string of the molecule is CSCCCNC1CCS(=O)(=O)c2ccccc21. The smallest absolute Gasteiger partial charge is 0.178 e. The van der Waals surface area contributed by atoms with Crippen molar-refractivity contribution in [3.8, 4) is 0 Å². The molecule has 5 heteroatoms. The number of hydrogen-bond donors (Lipinski definition) is 1. The molecule has 0 aliphatic carbocycles. The number of nitrogens with one attached hydrogen (secondary N) is 1. The molecule has 0 amide bonds. The van der Waals surface area contributed by atoms with Crippen molar-refractivity contribution >= 4 is 21.6 Å². The molecule has 1 atom stereocenters. The van der Waals surface area contributed by atoms with Crippen molar-refractivity contribution in [2.45, 2.75) is 23.8 Å². The fraction of sp³-hybridized carbons (Fsp3) is 0.538.